The zero-order valence-electron chi connectivity index (χ0n) is 13.8. The summed E-state index contributed by atoms with van der Waals surface area (Å²) in [6.07, 6.45) is 4.19. The van der Waals surface area contributed by atoms with Gasteiger partial charge in [0.05, 0.1) is 11.9 Å². The molecule has 130 valence electrons. The number of aromatic amines is 1. The molecular formula is C19H16FN5O. The topological polar surface area (TPSA) is 75.6 Å². The summed E-state index contributed by atoms with van der Waals surface area (Å²) < 4.78 is 14.4. The van der Waals surface area contributed by atoms with Gasteiger partial charge in [-0.1, -0.05) is 23.4 Å². The maximum atomic E-state index is 13.0. The van der Waals surface area contributed by atoms with Crippen LogP contribution in [0.3, 0.4) is 0 Å². The Hall–Kier alpha value is -3.48. The molecule has 0 unspecified atom stereocenters. The van der Waals surface area contributed by atoms with E-state index in [1.165, 1.54) is 23.0 Å². The maximum absolute atomic E-state index is 13.0. The molecule has 4 aromatic rings. The van der Waals surface area contributed by atoms with Crippen molar-refractivity contribution in [2.24, 2.45) is 0 Å². The fourth-order valence-corrected chi connectivity index (χ4v) is 2.83. The first-order chi connectivity index (χ1) is 12.7. The lowest BCUT2D eigenvalue weighted by Crippen LogP contribution is -2.26. The van der Waals surface area contributed by atoms with Gasteiger partial charge in [0.15, 0.2) is 5.69 Å². The quantitative estimate of drug-likeness (QED) is 0.582. The van der Waals surface area contributed by atoms with Crippen LogP contribution in [0.5, 0.6) is 0 Å². The first kappa shape index (κ1) is 16.0. The van der Waals surface area contributed by atoms with Crippen molar-refractivity contribution in [3.05, 3.63) is 78.0 Å². The normalized spacial score (nSPS) is 11.0. The van der Waals surface area contributed by atoms with Crippen LogP contribution >= 0.6 is 0 Å². The standard InChI is InChI=1S/C19H16FN5O/c20-14-5-7-15(8-6-14)25-12-18(23-24-25)19(26)21-10-9-13-11-22-17-4-2-1-3-16(13)17/h1-8,11-12,22H,9-10H2,(H,21,26). The molecule has 0 aliphatic rings. The summed E-state index contributed by atoms with van der Waals surface area (Å²) in [6.45, 7) is 0.490. The summed E-state index contributed by atoms with van der Waals surface area (Å²) in [5.74, 6) is -0.623. The lowest BCUT2D eigenvalue weighted by molar-refractivity contribution is 0.0949. The zero-order chi connectivity index (χ0) is 17.9. The highest BCUT2D eigenvalue weighted by atomic mass is 19.1. The number of fused-ring (bicyclic) bond motifs is 1. The van der Waals surface area contributed by atoms with Crippen LogP contribution in [0, 0.1) is 5.82 Å². The molecule has 0 atom stereocenters. The van der Waals surface area contributed by atoms with Crippen molar-refractivity contribution >= 4 is 16.8 Å². The van der Waals surface area contributed by atoms with E-state index in [0.29, 0.717) is 18.7 Å². The molecule has 0 spiro atoms. The van der Waals surface area contributed by atoms with Crippen LogP contribution in [-0.4, -0.2) is 32.4 Å². The number of carbonyl (C=O) groups is 1. The molecule has 26 heavy (non-hydrogen) atoms. The molecule has 0 bridgehead atoms. The number of hydrogen-bond donors (Lipinski definition) is 2. The van der Waals surface area contributed by atoms with Gasteiger partial charge in [-0.05, 0) is 42.3 Å². The van der Waals surface area contributed by atoms with Gasteiger partial charge >= 0.3 is 0 Å². The summed E-state index contributed by atoms with van der Waals surface area (Å²) in [4.78, 5) is 15.5. The third kappa shape index (κ3) is 3.19. The number of carbonyl (C=O) groups excluding carboxylic acids is 1. The summed E-state index contributed by atoms with van der Waals surface area (Å²) in [5.41, 5.74) is 3.08. The second-order valence-corrected chi connectivity index (χ2v) is 5.89. The Balaban J connectivity index is 1.39. The molecule has 0 fully saturated rings. The number of nitrogens with zero attached hydrogens (tertiary/aromatic N) is 3. The third-order valence-electron chi connectivity index (χ3n) is 4.17. The van der Waals surface area contributed by atoms with E-state index in [-0.39, 0.29) is 17.4 Å². The highest BCUT2D eigenvalue weighted by Gasteiger charge is 2.11. The minimum atomic E-state index is -0.330. The Morgan fingerprint density at radius 3 is 2.81 bits per heavy atom. The highest BCUT2D eigenvalue weighted by Crippen LogP contribution is 2.17. The molecule has 0 saturated carbocycles. The molecule has 1 amide bonds. The smallest absolute Gasteiger partial charge is 0.273 e. The number of halogens is 1. The minimum Gasteiger partial charge on any atom is -0.361 e. The van der Waals surface area contributed by atoms with Gasteiger partial charge in [0, 0.05) is 23.6 Å². The molecular weight excluding hydrogens is 333 g/mol. The number of amides is 1. The molecule has 2 heterocycles. The van der Waals surface area contributed by atoms with Gasteiger partial charge in [-0.15, -0.1) is 5.10 Å². The zero-order valence-corrected chi connectivity index (χ0v) is 13.8. The fourth-order valence-electron chi connectivity index (χ4n) is 2.83. The van der Waals surface area contributed by atoms with E-state index in [0.717, 1.165) is 16.5 Å². The number of benzene rings is 2. The van der Waals surface area contributed by atoms with Crippen LogP contribution in [0.15, 0.2) is 60.9 Å². The average Bonchev–Trinajstić information content (AvgIpc) is 3.30. The summed E-state index contributed by atoms with van der Waals surface area (Å²) >= 11 is 0. The van der Waals surface area contributed by atoms with Crippen LogP contribution in [0.25, 0.3) is 16.6 Å². The van der Waals surface area contributed by atoms with Crippen LogP contribution in [-0.2, 0) is 6.42 Å². The van der Waals surface area contributed by atoms with Crippen molar-refractivity contribution in [3.8, 4) is 5.69 Å². The van der Waals surface area contributed by atoms with Gasteiger partial charge in [-0.3, -0.25) is 4.79 Å². The number of aromatic nitrogens is 4. The Morgan fingerprint density at radius 1 is 1.15 bits per heavy atom. The maximum Gasteiger partial charge on any atom is 0.273 e. The lowest BCUT2D eigenvalue weighted by Gasteiger charge is -2.02. The van der Waals surface area contributed by atoms with E-state index in [1.54, 1.807) is 12.1 Å². The number of H-pyrrole nitrogens is 1. The molecule has 6 nitrogen and oxygen atoms in total. The molecule has 7 heteroatoms. The molecule has 0 aliphatic heterocycles. The van der Waals surface area contributed by atoms with Gasteiger partial charge in [0.25, 0.3) is 5.91 Å². The Labute approximate surface area is 148 Å². The Bertz CT molecular complexity index is 1050. The van der Waals surface area contributed by atoms with E-state index in [1.807, 2.05) is 24.4 Å². The van der Waals surface area contributed by atoms with Gasteiger partial charge in [0.2, 0.25) is 0 Å². The van der Waals surface area contributed by atoms with Crippen molar-refractivity contribution in [3.63, 3.8) is 0 Å². The summed E-state index contributed by atoms with van der Waals surface area (Å²) in [6, 6.07) is 13.9. The third-order valence-corrected chi connectivity index (χ3v) is 4.17. The number of rotatable bonds is 5. The second-order valence-electron chi connectivity index (χ2n) is 5.89. The van der Waals surface area contributed by atoms with Crippen molar-refractivity contribution in [1.82, 2.24) is 25.3 Å². The number of para-hydroxylation sites is 1. The van der Waals surface area contributed by atoms with Crippen molar-refractivity contribution < 1.29 is 9.18 Å². The van der Waals surface area contributed by atoms with Gasteiger partial charge in [-0.25, -0.2) is 9.07 Å². The monoisotopic (exact) mass is 349 g/mol. The molecule has 0 aliphatic carbocycles. The summed E-state index contributed by atoms with van der Waals surface area (Å²) in [7, 11) is 0. The van der Waals surface area contributed by atoms with Crippen LogP contribution in [0.1, 0.15) is 16.1 Å². The molecule has 2 aromatic heterocycles. The van der Waals surface area contributed by atoms with Gasteiger partial charge in [-0.2, -0.15) is 0 Å². The van der Waals surface area contributed by atoms with Crippen LogP contribution in [0.2, 0.25) is 0 Å². The molecule has 0 radical (unpaired) electrons. The average molecular weight is 349 g/mol. The molecule has 0 saturated heterocycles. The largest absolute Gasteiger partial charge is 0.361 e. The van der Waals surface area contributed by atoms with Crippen molar-refractivity contribution in [1.29, 1.82) is 0 Å². The second kappa shape index (κ2) is 6.79. The van der Waals surface area contributed by atoms with Crippen LogP contribution in [0.4, 0.5) is 4.39 Å². The number of hydrogen-bond acceptors (Lipinski definition) is 3. The van der Waals surface area contributed by atoms with Gasteiger partial charge in [0.1, 0.15) is 5.82 Å². The minimum absolute atomic E-state index is 0.216. The molecule has 4 rings (SSSR count). The Kier molecular flexibility index (Phi) is 4.18. The summed E-state index contributed by atoms with van der Waals surface area (Å²) in [5, 5.41) is 11.8. The number of nitrogens with one attached hydrogen (secondary N) is 2. The molecule has 2 aromatic carbocycles. The van der Waals surface area contributed by atoms with Crippen LogP contribution < -0.4 is 5.32 Å². The van der Waals surface area contributed by atoms with E-state index < -0.39 is 0 Å². The SMILES string of the molecule is O=C(NCCc1c[nH]c2ccccc12)c1cn(-c2ccc(F)cc2)nn1. The van der Waals surface area contributed by atoms with E-state index >= 15 is 0 Å². The highest BCUT2D eigenvalue weighted by molar-refractivity contribution is 5.92. The van der Waals surface area contributed by atoms with E-state index in [9.17, 15) is 9.18 Å². The predicted octanol–water partition coefficient (Wildman–Crippen LogP) is 2.86. The van der Waals surface area contributed by atoms with Crippen molar-refractivity contribution in [2.45, 2.75) is 6.42 Å². The van der Waals surface area contributed by atoms with E-state index in [4.69, 9.17) is 0 Å². The van der Waals surface area contributed by atoms with E-state index in [2.05, 4.69) is 26.7 Å². The fraction of sp³-hybridized carbons (Fsp3) is 0.105. The Morgan fingerprint density at radius 2 is 1.96 bits per heavy atom. The first-order valence-corrected chi connectivity index (χ1v) is 8.22. The molecule has 2 N–H and O–H groups in total. The lowest BCUT2D eigenvalue weighted by atomic mass is 10.1. The first-order valence-electron chi connectivity index (χ1n) is 8.22. The predicted molar refractivity (Wildman–Crippen MR) is 95.7 cm³/mol. The van der Waals surface area contributed by atoms with Crippen molar-refractivity contribution in [2.75, 3.05) is 6.54 Å². The van der Waals surface area contributed by atoms with Gasteiger partial charge < -0.3 is 10.3 Å².